The Morgan fingerprint density at radius 3 is 2.63 bits per heavy atom. The van der Waals surface area contributed by atoms with Gasteiger partial charge in [0, 0.05) is 19.2 Å². The van der Waals surface area contributed by atoms with Gasteiger partial charge >= 0.3 is 0 Å². The molecule has 2 aromatic carbocycles. The van der Waals surface area contributed by atoms with Crippen LogP contribution < -0.4 is 4.74 Å². The molecule has 1 saturated heterocycles. The molecule has 7 nitrogen and oxygen atoms in total. The number of carbonyl (C=O) groups is 2. The standard InChI is InChI=1S/C22H22ClNO6/c1-3-30-15-7-8-17(23)16(12-15)20(26)18-19(13-5-4-6-14(25)11-13)24(9-10-29-2)22(28)21(18)27/h4-8,11-12,19,25-26H,3,9-10H2,1-2H3/b20-18+. The van der Waals surface area contributed by atoms with Gasteiger partial charge in [-0.25, -0.2) is 0 Å². The second-order valence-electron chi connectivity index (χ2n) is 6.65. The number of benzene rings is 2. The fourth-order valence-electron chi connectivity index (χ4n) is 3.43. The molecule has 30 heavy (non-hydrogen) atoms. The van der Waals surface area contributed by atoms with Crippen molar-refractivity contribution in [1.82, 2.24) is 4.90 Å². The van der Waals surface area contributed by atoms with Crippen LogP contribution in [-0.4, -0.2) is 53.7 Å². The summed E-state index contributed by atoms with van der Waals surface area (Å²) in [5.41, 5.74) is 0.540. The third-order valence-corrected chi connectivity index (χ3v) is 5.10. The Morgan fingerprint density at radius 2 is 1.97 bits per heavy atom. The Morgan fingerprint density at radius 1 is 1.20 bits per heavy atom. The number of nitrogens with zero attached hydrogens (tertiary/aromatic N) is 1. The maximum atomic E-state index is 12.9. The van der Waals surface area contributed by atoms with Gasteiger partial charge in [0.05, 0.1) is 29.9 Å². The van der Waals surface area contributed by atoms with E-state index in [1.165, 1.54) is 30.2 Å². The summed E-state index contributed by atoms with van der Waals surface area (Å²) in [6, 6.07) is 10.0. The number of carbonyl (C=O) groups excluding carboxylic acids is 2. The van der Waals surface area contributed by atoms with Crippen LogP contribution in [0.25, 0.3) is 5.76 Å². The van der Waals surface area contributed by atoms with E-state index in [0.717, 1.165) is 0 Å². The van der Waals surface area contributed by atoms with Gasteiger partial charge in [0.2, 0.25) is 0 Å². The Labute approximate surface area is 179 Å². The summed E-state index contributed by atoms with van der Waals surface area (Å²) in [7, 11) is 1.49. The monoisotopic (exact) mass is 431 g/mol. The molecule has 8 heteroatoms. The number of aliphatic hydroxyl groups excluding tert-OH is 1. The third kappa shape index (κ3) is 4.13. The minimum Gasteiger partial charge on any atom is -0.508 e. The smallest absolute Gasteiger partial charge is 0.295 e. The number of methoxy groups -OCH3 is 1. The summed E-state index contributed by atoms with van der Waals surface area (Å²) in [5, 5.41) is 21.2. The van der Waals surface area contributed by atoms with Gasteiger partial charge < -0.3 is 24.6 Å². The van der Waals surface area contributed by atoms with E-state index in [2.05, 4.69) is 0 Å². The molecule has 158 valence electrons. The van der Waals surface area contributed by atoms with Gasteiger partial charge in [-0.1, -0.05) is 23.7 Å². The van der Waals surface area contributed by atoms with Crippen LogP contribution in [0, 0.1) is 0 Å². The van der Waals surface area contributed by atoms with Crippen LogP contribution in [0.2, 0.25) is 5.02 Å². The van der Waals surface area contributed by atoms with E-state index in [1.807, 2.05) is 6.92 Å². The lowest BCUT2D eigenvalue weighted by Gasteiger charge is -2.25. The lowest BCUT2D eigenvalue weighted by Crippen LogP contribution is -2.32. The van der Waals surface area contributed by atoms with Gasteiger partial charge in [-0.2, -0.15) is 0 Å². The van der Waals surface area contributed by atoms with Gasteiger partial charge in [-0.3, -0.25) is 9.59 Å². The van der Waals surface area contributed by atoms with E-state index in [0.29, 0.717) is 17.9 Å². The number of halogens is 1. The van der Waals surface area contributed by atoms with Crippen molar-refractivity contribution in [3.8, 4) is 11.5 Å². The number of phenolic OH excluding ortho intramolecular Hbond substituents is 1. The summed E-state index contributed by atoms with van der Waals surface area (Å²) in [4.78, 5) is 26.9. The molecule has 1 heterocycles. The molecule has 2 N–H and O–H groups in total. The van der Waals surface area contributed by atoms with Crippen molar-refractivity contribution in [2.45, 2.75) is 13.0 Å². The summed E-state index contributed by atoms with van der Waals surface area (Å²) in [6.07, 6.45) is 0. The maximum absolute atomic E-state index is 12.9. The zero-order chi connectivity index (χ0) is 21.8. The molecule has 2 aromatic rings. The number of hydrogen-bond donors (Lipinski definition) is 2. The molecular weight excluding hydrogens is 410 g/mol. The minimum atomic E-state index is -0.904. The lowest BCUT2D eigenvalue weighted by molar-refractivity contribution is -0.140. The minimum absolute atomic E-state index is 0.0267. The summed E-state index contributed by atoms with van der Waals surface area (Å²) >= 11 is 6.27. The van der Waals surface area contributed by atoms with Crippen molar-refractivity contribution in [3.63, 3.8) is 0 Å². The van der Waals surface area contributed by atoms with Crippen molar-refractivity contribution in [3.05, 3.63) is 64.2 Å². The highest BCUT2D eigenvalue weighted by atomic mass is 35.5. The first kappa shape index (κ1) is 21.7. The number of aliphatic hydroxyl groups is 1. The topological polar surface area (TPSA) is 96.3 Å². The second kappa shape index (κ2) is 9.19. The Hall–Kier alpha value is -3.03. The molecule has 0 aliphatic carbocycles. The normalized spacial score (nSPS) is 18.1. The van der Waals surface area contributed by atoms with Crippen molar-refractivity contribution < 1.29 is 29.3 Å². The number of hydrogen-bond acceptors (Lipinski definition) is 6. The molecule has 1 fully saturated rings. The SMILES string of the molecule is CCOc1ccc(Cl)c(/C(O)=C2\C(=O)C(=O)N(CCOC)C2c2cccc(O)c2)c1. The first-order valence-electron chi connectivity index (χ1n) is 9.38. The lowest BCUT2D eigenvalue weighted by atomic mass is 9.95. The molecule has 1 aliphatic rings. The third-order valence-electron chi connectivity index (χ3n) is 4.77. The Balaban J connectivity index is 2.20. The molecule has 0 radical (unpaired) electrons. The van der Waals surface area contributed by atoms with Crippen LogP contribution in [0.1, 0.15) is 24.1 Å². The average molecular weight is 432 g/mol. The van der Waals surface area contributed by atoms with Crippen LogP contribution in [0.4, 0.5) is 0 Å². The van der Waals surface area contributed by atoms with Gasteiger partial charge in [0.15, 0.2) is 0 Å². The number of ether oxygens (including phenoxy) is 2. The number of likely N-dealkylation sites (tertiary alicyclic amines) is 1. The molecule has 0 saturated carbocycles. The zero-order valence-electron chi connectivity index (χ0n) is 16.6. The number of aromatic hydroxyl groups is 1. The van der Waals surface area contributed by atoms with Gasteiger partial charge in [0.25, 0.3) is 11.7 Å². The van der Waals surface area contributed by atoms with Gasteiger partial charge in [-0.15, -0.1) is 0 Å². The summed E-state index contributed by atoms with van der Waals surface area (Å²) in [6.45, 7) is 2.55. The van der Waals surface area contributed by atoms with E-state index in [1.54, 1.807) is 24.3 Å². The van der Waals surface area contributed by atoms with Crippen molar-refractivity contribution in [2.75, 3.05) is 26.9 Å². The van der Waals surface area contributed by atoms with Crippen molar-refractivity contribution in [2.24, 2.45) is 0 Å². The highest BCUT2D eigenvalue weighted by Crippen LogP contribution is 2.41. The maximum Gasteiger partial charge on any atom is 0.295 e. The van der Waals surface area contributed by atoms with Crippen LogP contribution in [0.15, 0.2) is 48.0 Å². The van der Waals surface area contributed by atoms with Crippen LogP contribution in [0.3, 0.4) is 0 Å². The van der Waals surface area contributed by atoms with Crippen molar-refractivity contribution >= 4 is 29.1 Å². The van der Waals surface area contributed by atoms with Crippen LogP contribution in [0.5, 0.6) is 11.5 Å². The van der Waals surface area contributed by atoms with E-state index in [-0.39, 0.29) is 35.1 Å². The van der Waals surface area contributed by atoms with Crippen molar-refractivity contribution in [1.29, 1.82) is 0 Å². The van der Waals surface area contributed by atoms with Crippen LogP contribution in [-0.2, 0) is 14.3 Å². The molecular formula is C22H22ClNO6. The highest BCUT2D eigenvalue weighted by molar-refractivity contribution is 6.47. The Bertz CT molecular complexity index is 1000. The predicted molar refractivity (Wildman–Crippen MR) is 112 cm³/mol. The average Bonchev–Trinajstić information content (AvgIpc) is 2.98. The molecule has 1 unspecified atom stereocenters. The first-order valence-corrected chi connectivity index (χ1v) is 9.75. The molecule has 1 atom stereocenters. The number of rotatable bonds is 7. The van der Waals surface area contributed by atoms with Gasteiger partial charge in [-0.05, 0) is 42.8 Å². The Kier molecular flexibility index (Phi) is 6.64. The molecule has 1 aliphatic heterocycles. The fraction of sp³-hybridized carbons (Fsp3) is 0.273. The van der Waals surface area contributed by atoms with E-state index < -0.39 is 23.5 Å². The molecule has 1 amide bonds. The highest BCUT2D eigenvalue weighted by Gasteiger charge is 2.46. The number of ketones is 1. The first-order chi connectivity index (χ1) is 14.4. The molecule has 0 aromatic heterocycles. The number of Topliss-reactive ketones (excluding diaryl/α,β-unsaturated/α-hetero) is 1. The zero-order valence-corrected chi connectivity index (χ0v) is 17.3. The molecule has 0 spiro atoms. The summed E-state index contributed by atoms with van der Waals surface area (Å²) in [5.74, 6) is -1.57. The molecule has 3 rings (SSSR count). The summed E-state index contributed by atoms with van der Waals surface area (Å²) < 4.78 is 10.5. The molecule has 0 bridgehead atoms. The second-order valence-corrected chi connectivity index (χ2v) is 7.06. The van der Waals surface area contributed by atoms with E-state index in [4.69, 9.17) is 21.1 Å². The van der Waals surface area contributed by atoms with Crippen LogP contribution >= 0.6 is 11.6 Å². The fourth-order valence-corrected chi connectivity index (χ4v) is 3.64. The quantitative estimate of drug-likeness (QED) is 0.395. The van der Waals surface area contributed by atoms with E-state index in [9.17, 15) is 19.8 Å². The largest absolute Gasteiger partial charge is 0.508 e. The van der Waals surface area contributed by atoms with Gasteiger partial charge in [0.1, 0.15) is 17.3 Å². The number of amides is 1. The number of phenols is 1. The van der Waals surface area contributed by atoms with E-state index >= 15 is 0 Å². The predicted octanol–water partition coefficient (Wildman–Crippen LogP) is 3.51.